The Morgan fingerprint density at radius 3 is 2.30 bits per heavy atom. The summed E-state index contributed by atoms with van der Waals surface area (Å²) in [5.74, 6) is -4.87. The Morgan fingerprint density at radius 1 is 1.02 bits per heavy atom. The van der Waals surface area contributed by atoms with Crippen molar-refractivity contribution in [2.24, 2.45) is 16.7 Å². The average molecular weight is 880 g/mol. The van der Waals surface area contributed by atoms with Gasteiger partial charge in [0.2, 0.25) is 0 Å². The molecule has 2 aliphatic heterocycles. The van der Waals surface area contributed by atoms with Gasteiger partial charge in [0.25, 0.3) is 0 Å². The number of alkyl carbamates (subject to hydrolysis) is 1. The lowest BCUT2D eigenvalue weighted by atomic mass is 9.44. The molecule has 5 aliphatic rings. The molecule has 1 aromatic heterocycles. The number of aliphatic hydroxyl groups is 2. The number of benzene rings is 1. The lowest BCUT2D eigenvalue weighted by Gasteiger charge is -2.69. The van der Waals surface area contributed by atoms with Crippen LogP contribution in [-0.4, -0.2) is 113 Å². The maximum absolute atomic E-state index is 14.5. The minimum atomic E-state index is -2.15. The number of esters is 3. The Balaban J connectivity index is 1.41. The largest absolute Gasteiger partial charge is 0.467 e. The Kier molecular flexibility index (Phi) is 12.1. The second-order valence-corrected chi connectivity index (χ2v) is 19.6. The quantitative estimate of drug-likeness (QED) is 0.142. The molecule has 2 bridgehead atoms. The number of fused-ring (bicyclic) bond motifs is 8. The van der Waals surface area contributed by atoms with Gasteiger partial charge in [0, 0.05) is 30.6 Å². The van der Waals surface area contributed by atoms with Gasteiger partial charge < -0.3 is 57.8 Å². The summed E-state index contributed by atoms with van der Waals surface area (Å²) in [7, 11) is 0. The fourth-order valence-electron chi connectivity index (χ4n) is 10.9. The van der Waals surface area contributed by atoms with Crippen LogP contribution in [0.2, 0.25) is 0 Å². The molecule has 0 unspecified atom stereocenters. The highest BCUT2D eigenvalue weighted by Gasteiger charge is 2.79. The highest BCUT2D eigenvalue weighted by Crippen LogP contribution is 2.67. The van der Waals surface area contributed by atoms with Crippen LogP contribution >= 0.6 is 0 Å². The predicted octanol–water partition coefficient (Wildman–Crippen LogP) is 5.65. The van der Waals surface area contributed by atoms with Crippen LogP contribution in [0.5, 0.6) is 0 Å². The molecule has 16 heteroatoms. The molecule has 1 amide bonds. The molecule has 344 valence electrons. The first-order valence-electron chi connectivity index (χ1n) is 21.4. The van der Waals surface area contributed by atoms with E-state index >= 15 is 0 Å². The van der Waals surface area contributed by atoms with Crippen molar-refractivity contribution < 1.29 is 71.7 Å². The molecule has 3 aliphatic carbocycles. The van der Waals surface area contributed by atoms with Crippen molar-refractivity contribution >= 4 is 24.0 Å². The van der Waals surface area contributed by atoms with Crippen LogP contribution in [0.25, 0.3) is 0 Å². The first-order chi connectivity index (χ1) is 29.4. The van der Waals surface area contributed by atoms with Gasteiger partial charge >= 0.3 is 24.0 Å². The van der Waals surface area contributed by atoms with Crippen LogP contribution in [-0.2, 0) is 47.5 Å². The average Bonchev–Trinajstić information content (AvgIpc) is 3.84. The Hall–Kier alpha value is -4.58. The molecule has 4 fully saturated rings. The van der Waals surface area contributed by atoms with Crippen molar-refractivity contribution in [2.75, 3.05) is 13.2 Å². The lowest BCUT2D eigenvalue weighted by Crippen LogP contribution is -2.82. The summed E-state index contributed by atoms with van der Waals surface area (Å²) < 4.78 is 56.9. The summed E-state index contributed by atoms with van der Waals surface area (Å²) in [6.45, 7) is 21.0. The summed E-state index contributed by atoms with van der Waals surface area (Å²) in [4.78, 5) is 55.1. The zero-order valence-electron chi connectivity index (χ0n) is 37.6. The summed E-state index contributed by atoms with van der Waals surface area (Å²) >= 11 is 0. The van der Waals surface area contributed by atoms with Crippen LogP contribution in [0, 0.1) is 16.7 Å². The molecular weight excluding hydrogens is 819 g/mol. The molecule has 3 N–H and O–H groups in total. The van der Waals surface area contributed by atoms with E-state index in [-0.39, 0.29) is 37.4 Å². The van der Waals surface area contributed by atoms with E-state index in [1.54, 1.807) is 91.8 Å². The topological polar surface area (TPSA) is 208 Å². The van der Waals surface area contributed by atoms with Crippen molar-refractivity contribution in [2.45, 2.75) is 153 Å². The van der Waals surface area contributed by atoms with Crippen LogP contribution in [0.3, 0.4) is 0 Å². The van der Waals surface area contributed by atoms with E-state index in [2.05, 4.69) is 11.9 Å². The standard InChI is InChI=1S/C47H61NO15/c1-12-20-56-30-22-31-46(24-57-31,60-26(3)49)36-38(59-39(51)27-17-14-13-15-18-27)47(54)23-29(25(2)32(43(47,7)8)35-37(45(30,36)11)62-44(9,10)61-35)58-40(52)34(50)33(28-19-16-21-55-28)48-41(53)63-42(4,5)6/h12-19,21,29-31,33-38,50,54H,1,20,22-24H2,2-11H3,(H,48,53)/t29-,30-,31+,33-,34+,35+,36-,37+,38-,45+,46-,47+/m0/s1. The third kappa shape index (κ3) is 8.01. The van der Waals surface area contributed by atoms with Crippen molar-refractivity contribution in [3.05, 3.63) is 83.9 Å². The number of ether oxygens (including phenoxy) is 8. The van der Waals surface area contributed by atoms with E-state index in [4.69, 9.17) is 42.3 Å². The van der Waals surface area contributed by atoms with E-state index in [1.165, 1.54) is 25.3 Å². The SMILES string of the molecule is C=CCO[C@H]1C[C@H]2OC[C@@]2(OC(C)=O)[C@H]2[C@H](OC(=O)c3ccccc3)[C@]3(O)C[C@H](OC(=O)[C@H](O)[C@@H](NC(=O)OC(C)(C)C)c4ccco4)C(C)=C([C@H]4OC(C)(C)O[C@H]4[C@]12C)C3(C)C. The highest BCUT2D eigenvalue weighted by atomic mass is 16.8. The fourth-order valence-corrected chi connectivity index (χ4v) is 10.9. The van der Waals surface area contributed by atoms with E-state index in [0.29, 0.717) is 11.1 Å². The minimum Gasteiger partial charge on any atom is -0.467 e. The van der Waals surface area contributed by atoms with Crippen LogP contribution < -0.4 is 5.32 Å². The van der Waals surface area contributed by atoms with Gasteiger partial charge in [-0.1, -0.05) is 45.0 Å². The number of rotatable bonds is 11. The number of aliphatic hydroxyl groups excluding tert-OH is 1. The Labute approximate surface area is 367 Å². The first kappa shape index (κ1) is 46.4. The molecule has 2 aromatic rings. The molecule has 63 heavy (non-hydrogen) atoms. The van der Waals surface area contributed by atoms with Crippen LogP contribution in [0.1, 0.15) is 104 Å². The number of hydrogen-bond acceptors (Lipinski definition) is 15. The van der Waals surface area contributed by atoms with Gasteiger partial charge in [-0.05, 0) is 77.0 Å². The smallest absolute Gasteiger partial charge is 0.408 e. The Morgan fingerprint density at radius 2 is 1.71 bits per heavy atom. The maximum Gasteiger partial charge on any atom is 0.408 e. The number of amides is 1. The second kappa shape index (κ2) is 16.4. The summed E-state index contributed by atoms with van der Waals surface area (Å²) in [6.07, 6.45) is -6.34. The normalized spacial score (nSPS) is 34.8. The zero-order valence-corrected chi connectivity index (χ0v) is 37.6. The van der Waals surface area contributed by atoms with Gasteiger partial charge in [0.05, 0.1) is 43.2 Å². The minimum absolute atomic E-state index is 0.0428. The highest BCUT2D eigenvalue weighted by molar-refractivity contribution is 5.89. The van der Waals surface area contributed by atoms with Crippen LogP contribution in [0.4, 0.5) is 4.79 Å². The van der Waals surface area contributed by atoms with E-state index in [0.717, 1.165) is 0 Å². The number of furan rings is 1. The van der Waals surface area contributed by atoms with E-state index in [1.807, 2.05) is 6.92 Å². The Bertz CT molecular complexity index is 2110. The molecule has 2 saturated heterocycles. The summed E-state index contributed by atoms with van der Waals surface area (Å²) in [5, 5.41) is 28.2. The third-order valence-corrected chi connectivity index (χ3v) is 13.6. The molecular formula is C47H61NO15. The molecule has 0 spiro atoms. The zero-order chi connectivity index (χ0) is 46.1. The number of carbonyl (C=O) groups is 4. The van der Waals surface area contributed by atoms with Gasteiger partial charge in [-0.15, -0.1) is 6.58 Å². The van der Waals surface area contributed by atoms with Gasteiger partial charge in [-0.3, -0.25) is 4.79 Å². The molecule has 7 rings (SSSR count). The third-order valence-electron chi connectivity index (χ3n) is 13.6. The van der Waals surface area contributed by atoms with Gasteiger partial charge in [-0.25, -0.2) is 14.4 Å². The van der Waals surface area contributed by atoms with Crippen LogP contribution in [0.15, 0.2) is 76.9 Å². The number of carbonyl (C=O) groups excluding carboxylic acids is 4. The van der Waals surface area contributed by atoms with E-state index < -0.39 is 112 Å². The second-order valence-electron chi connectivity index (χ2n) is 19.6. The molecule has 16 nitrogen and oxygen atoms in total. The van der Waals surface area contributed by atoms with Gasteiger partial charge in [-0.2, -0.15) is 0 Å². The van der Waals surface area contributed by atoms with Gasteiger partial charge in [0.15, 0.2) is 17.5 Å². The van der Waals surface area contributed by atoms with Gasteiger partial charge in [0.1, 0.15) is 47.4 Å². The van der Waals surface area contributed by atoms with E-state index in [9.17, 15) is 29.4 Å². The predicted molar refractivity (Wildman–Crippen MR) is 223 cm³/mol. The van der Waals surface area contributed by atoms with Crippen molar-refractivity contribution in [3.63, 3.8) is 0 Å². The fraction of sp³-hybridized carbons (Fsp3) is 0.617. The lowest BCUT2D eigenvalue weighted by molar-refractivity contribution is -0.365. The molecule has 12 atom stereocenters. The van der Waals surface area contributed by atoms with Crippen molar-refractivity contribution in [3.8, 4) is 0 Å². The summed E-state index contributed by atoms with van der Waals surface area (Å²) in [6, 6.07) is 9.85. The number of nitrogens with one attached hydrogen (secondary N) is 1. The number of hydrogen-bond donors (Lipinski definition) is 3. The van der Waals surface area contributed by atoms with Crippen molar-refractivity contribution in [1.82, 2.24) is 5.32 Å². The monoisotopic (exact) mass is 879 g/mol. The molecule has 2 saturated carbocycles. The first-order valence-corrected chi connectivity index (χ1v) is 21.4. The molecule has 1 aromatic carbocycles. The summed E-state index contributed by atoms with van der Waals surface area (Å²) in [5.41, 5.74) is -5.98. The van der Waals surface area contributed by atoms with Crippen molar-refractivity contribution in [1.29, 1.82) is 0 Å². The molecule has 3 heterocycles. The molecule has 0 radical (unpaired) electrons. The maximum atomic E-state index is 14.5.